The SMILES string of the molecule is O=C1NC[C@@H](C(=O)NCc2cccc(OCc3ccccc3)c2)N1. The number of carbonyl (C=O) groups excluding carboxylic acids is 2. The zero-order chi connectivity index (χ0) is 16.8. The summed E-state index contributed by atoms with van der Waals surface area (Å²) in [7, 11) is 0. The largest absolute Gasteiger partial charge is 0.489 e. The van der Waals surface area contributed by atoms with E-state index in [1.165, 1.54) is 0 Å². The average molecular weight is 325 g/mol. The summed E-state index contributed by atoms with van der Waals surface area (Å²) >= 11 is 0. The van der Waals surface area contributed by atoms with Crippen molar-refractivity contribution < 1.29 is 14.3 Å². The van der Waals surface area contributed by atoms with E-state index >= 15 is 0 Å². The molecular weight excluding hydrogens is 306 g/mol. The lowest BCUT2D eigenvalue weighted by molar-refractivity contribution is -0.122. The van der Waals surface area contributed by atoms with Gasteiger partial charge in [-0.05, 0) is 23.3 Å². The number of rotatable bonds is 6. The number of urea groups is 1. The van der Waals surface area contributed by atoms with Gasteiger partial charge in [-0.3, -0.25) is 4.79 Å². The van der Waals surface area contributed by atoms with Crippen molar-refractivity contribution in [3.8, 4) is 5.75 Å². The molecule has 124 valence electrons. The molecule has 0 radical (unpaired) electrons. The van der Waals surface area contributed by atoms with Crippen LogP contribution in [0.25, 0.3) is 0 Å². The highest BCUT2D eigenvalue weighted by Gasteiger charge is 2.26. The minimum atomic E-state index is -0.519. The highest BCUT2D eigenvalue weighted by molar-refractivity contribution is 5.90. The maximum absolute atomic E-state index is 12.0. The van der Waals surface area contributed by atoms with E-state index in [-0.39, 0.29) is 11.9 Å². The molecule has 1 atom stereocenters. The highest BCUT2D eigenvalue weighted by atomic mass is 16.5. The molecule has 1 aliphatic heterocycles. The zero-order valence-corrected chi connectivity index (χ0v) is 13.1. The van der Waals surface area contributed by atoms with Crippen LogP contribution >= 0.6 is 0 Å². The van der Waals surface area contributed by atoms with Crippen LogP contribution in [0.5, 0.6) is 5.75 Å². The molecule has 3 N–H and O–H groups in total. The van der Waals surface area contributed by atoms with Crippen LogP contribution in [0.1, 0.15) is 11.1 Å². The summed E-state index contributed by atoms with van der Waals surface area (Å²) in [4.78, 5) is 23.0. The Bertz CT molecular complexity index is 718. The van der Waals surface area contributed by atoms with Gasteiger partial charge in [-0.2, -0.15) is 0 Å². The van der Waals surface area contributed by atoms with Crippen LogP contribution in [0.4, 0.5) is 4.79 Å². The highest BCUT2D eigenvalue weighted by Crippen LogP contribution is 2.15. The molecule has 0 aliphatic carbocycles. The molecule has 1 saturated heterocycles. The molecule has 3 rings (SSSR count). The molecule has 2 aromatic rings. The number of hydrogen-bond acceptors (Lipinski definition) is 3. The van der Waals surface area contributed by atoms with Gasteiger partial charge in [0.05, 0.1) is 0 Å². The van der Waals surface area contributed by atoms with Crippen molar-refractivity contribution in [2.24, 2.45) is 0 Å². The standard InChI is InChI=1S/C18H19N3O3/c22-17(16-11-20-18(23)21-16)19-10-14-7-4-8-15(9-14)24-12-13-5-2-1-3-6-13/h1-9,16H,10-12H2,(H,19,22)(H2,20,21,23)/t16-/m0/s1. The van der Waals surface area contributed by atoms with E-state index < -0.39 is 6.04 Å². The summed E-state index contributed by atoms with van der Waals surface area (Å²) in [6, 6.07) is 16.7. The monoisotopic (exact) mass is 325 g/mol. The van der Waals surface area contributed by atoms with Gasteiger partial charge in [0.2, 0.25) is 5.91 Å². The summed E-state index contributed by atoms with van der Waals surface area (Å²) in [5.41, 5.74) is 2.03. The Morgan fingerprint density at radius 3 is 2.67 bits per heavy atom. The van der Waals surface area contributed by atoms with Crippen LogP contribution in [-0.4, -0.2) is 24.5 Å². The van der Waals surface area contributed by atoms with Crippen LogP contribution in [0.3, 0.4) is 0 Å². The molecule has 0 spiro atoms. The number of ether oxygens (including phenoxy) is 1. The fourth-order valence-corrected chi connectivity index (χ4v) is 2.41. The van der Waals surface area contributed by atoms with E-state index in [0.717, 1.165) is 16.9 Å². The molecule has 0 bridgehead atoms. The topological polar surface area (TPSA) is 79.5 Å². The van der Waals surface area contributed by atoms with E-state index in [1.54, 1.807) is 0 Å². The van der Waals surface area contributed by atoms with Crippen LogP contribution in [-0.2, 0) is 17.9 Å². The number of hydrogen-bond donors (Lipinski definition) is 3. The third-order valence-corrected chi connectivity index (χ3v) is 3.70. The minimum Gasteiger partial charge on any atom is -0.489 e. The number of benzene rings is 2. The van der Waals surface area contributed by atoms with Crippen LogP contribution in [0.15, 0.2) is 54.6 Å². The van der Waals surface area contributed by atoms with Gasteiger partial charge in [-0.25, -0.2) is 4.79 Å². The van der Waals surface area contributed by atoms with Gasteiger partial charge in [-0.15, -0.1) is 0 Å². The summed E-state index contributed by atoms with van der Waals surface area (Å²) in [6.45, 7) is 1.19. The van der Waals surface area contributed by atoms with Gasteiger partial charge in [0.25, 0.3) is 0 Å². The van der Waals surface area contributed by atoms with E-state index in [4.69, 9.17) is 4.74 Å². The quantitative estimate of drug-likeness (QED) is 0.754. The molecule has 6 heteroatoms. The Morgan fingerprint density at radius 1 is 1.12 bits per heavy atom. The van der Waals surface area contributed by atoms with Crippen molar-refractivity contribution in [3.63, 3.8) is 0 Å². The summed E-state index contributed by atoms with van der Waals surface area (Å²) < 4.78 is 5.77. The van der Waals surface area contributed by atoms with Gasteiger partial charge in [0.1, 0.15) is 18.4 Å². The second kappa shape index (κ2) is 7.50. The maximum atomic E-state index is 12.0. The first-order valence-electron chi connectivity index (χ1n) is 7.78. The summed E-state index contributed by atoms with van der Waals surface area (Å²) in [6.07, 6.45) is 0. The first kappa shape index (κ1) is 15.9. The average Bonchev–Trinajstić information content (AvgIpc) is 3.06. The predicted octanol–water partition coefficient (Wildman–Crippen LogP) is 1.56. The molecule has 24 heavy (non-hydrogen) atoms. The lowest BCUT2D eigenvalue weighted by atomic mass is 10.2. The van der Waals surface area contributed by atoms with Crippen molar-refractivity contribution in [3.05, 3.63) is 65.7 Å². The Hall–Kier alpha value is -3.02. The normalized spacial score (nSPS) is 16.2. The van der Waals surface area contributed by atoms with Crippen molar-refractivity contribution in [2.45, 2.75) is 19.2 Å². The molecule has 1 heterocycles. The van der Waals surface area contributed by atoms with E-state index in [9.17, 15) is 9.59 Å². The fraction of sp³-hybridized carbons (Fsp3) is 0.222. The van der Waals surface area contributed by atoms with Crippen molar-refractivity contribution in [1.82, 2.24) is 16.0 Å². The van der Waals surface area contributed by atoms with Crippen LogP contribution in [0.2, 0.25) is 0 Å². The first-order chi connectivity index (χ1) is 11.7. The molecule has 6 nitrogen and oxygen atoms in total. The molecule has 0 unspecified atom stereocenters. The lowest BCUT2D eigenvalue weighted by Crippen LogP contribution is -2.42. The second-order valence-electron chi connectivity index (χ2n) is 5.55. The van der Waals surface area contributed by atoms with Crippen LogP contribution in [0, 0.1) is 0 Å². The Balaban J connectivity index is 1.51. The van der Waals surface area contributed by atoms with E-state index in [1.807, 2.05) is 54.6 Å². The second-order valence-corrected chi connectivity index (χ2v) is 5.55. The van der Waals surface area contributed by atoms with Gasteiger partial charge in [0, 0.05) is 13.1 Å². The molecular formula is C18H19N3O3. The van der Waals surface area contributed by atoms with Gasteiger partial charge in [-0.1, -0.05) is 42.5 Å². The predicted molar refractivity (Wildman–Crippen MR) is 89.4 cm³/mol. The van der Waals surface area contributed by atoms with E-state index in [0.29, 0.717) is 19.7 Å². The fourth-order valence-electron chi connectivity index (χ4n) is 2.41. The zero-order valence-electron chi connectivity index (χ0n) is 13.1. The summed E-state index contributed by atoms with van der Waals surface area (Å²) in [5.74, 6) is 0.547. The Kier molecular flexibility index (Phi) is 4.96. The van der Waals surface area contributed by atoms with Gasteiger partial charge >= 0.3 is 6.03 Å². The molecule has 3 amide bonds. The molecule has 1 fully saturated rings. The molecule has 0 saturated carbocycles. The molecule has 2 aromatic carbocycles. The van der Waals surface area contributed by atoms with Crippen LogP contribution < -0.4 is 20.7 Å². The molecule has 1 aliphatic rings. The third-order valence-electron chi connectivity index (χ3n) is 3.70. The van der Waals surface area contributed by atoms with Gasteiger partial charge in [0.15, 0.2) is 0 Å². The van der Waals surface area contributed by atoms with Crippen molar-refractivity contribution in [2.75, 3.05) is 6.54 Å². The van der Waals surface area contributed by atoms with Crippen molar-refractivity contribution in [1.29, 1.82) is 0 Å². The lowest BCUT2D eigenvalue weighted by Gasteiger charge is -2.11. The Morgan fingerprint density at radius 2 is 1.92 bits per heavy atom. The maximum Gasteiger partial charge on any atom is 0.315 e. The first-order valence-corrected chi connectivity index (χ1v) is 7.78. The molecule has 0 aromatic heterocycles. The minimum absolute atomic E-state index is 0.205. The van der Waals surface area contributed by atoms with Crippen molar-refractivity contribution >= 4 is 11.9 Å². The van der Waals surface area contributed by atoms with Gasteiger partial charge < -0.3 is 20.7 Å². The smallest absolute Gasteiger partial charge is 0.315 e. The summed E-state index contributed by atoms with van der Waals surface area (Å²) in [5, 5.41) is 7.93. The number of amides is 3. The van der Waals surface area contributed by atoms with E-state index in [2.05, 4.69) is 16.0 Å². The Labute approximate surface area is 140 Å². The number of carbonyl (C=O) groups is 2. The third kappa shape index (κ3) is 4.25. The number of nitrogens with one attached hydrogen (secondary N) is 3.